The maximum atomic E-state index is 2.51. The summed E-state index contributed by atoms with van der Waals surface area (Å²) in [5.41, 5.74) is 14.2. The third-order valence-electron chi connectivity index (χ3n) is 15.1. The summed E-state index contributed by atoms with van der Waals surface area (Å²) >= 11 is 0. The van der Waals surface area contributed by atoms with Gasteiger partial charge in [0.1, 0.15) is 0 Å². The first-order chi connectivity index (χ1) is 31.4. The van der Waals surface area contributed by atoms with Gasteiger partial charge in [-0.3, -0.25) is 0 Å². The zero-order valence-electron chi connectivity index (χ0n) is 36.1. The molecule has 1 aliphatic carbocycles. The van der Waals surface area contributed by atoms with Crippen molar-refractivity contribution >= 4 is 86.2 Å². The maximum Gasteiger partial charge on any atom is 0.0159 e. The normalized spacial score (nSPS) is 13.4. The van der Waals surface area contributed by atoms with Crippen LogP contribution in [0.1, 0.15) is 30.5 Å². The first-order valence-electron chi connectivity index (χ1n) is 22.7. The van der Waals surface area contributed by atoms with Gasteiger partial charge in [-0.15, -0.1) is 0 Å². The van der Waals surface area contributed by atoms with E-state index in [1.54, 1.807) is 0 Å². The van der Waals surface area contributed by atoms with Gasteiger partial charge in [0.15, 0.2) is 0 Å². The van der Waals surface area contributed by atoms with Crippen LogP contribution in [0.15, 0.2) is 200 Å². The van der Waals surface area contributed by atoms with E-state index in [1.165, 1.54) is 147 Å². The minimum atomic E-state index is -0.180. The van der Waals surface area contributed by atoms with Crippen LogP contribution >= 0.6 is 0 Å². The van der Waals surface area contributed by atoms with E-state index in [0.717, 1.165) is 0 Å². The Balaban J connectivity index is 0.940. The number of aryl methyl sites for hydroxylation is 1. The molecule has 0 aliphatic heterocycles. The Morgan fingerprint density at radius 1 is 0.281 bits per heavy atom. The molecule has 13 aromatic rings. The molecule has 0 heterocycles. The van der Waals surface area contributed by atoms with E-state index in [-0.39, 0.29) is 5.41 Å². The van der Waals surface area contributed by atoms with Crippen LogP contribution in [0, 0.1) is 6.92 Å². The highest BCUT2D eigenvalue weighted by Crippen LogP contribution is 2.54. The molecule has 0 N–H and O–H groups in total. The molecule has 0 aromatic heterocycles. The molecule has 298 valence electrons. The van der Waals surface area contributed by atoms with E-state index in [0.29, 0.717) is 0 Å². The van der Waals surface area contributed by atoms with Crippen LogP contribution in [0.25, 0.3) is 131 Å². The van der Waals surface area contributed by atoms with Gasteiger partial charge in [-0.1, -0.05) is 196 Å². The molecule has 1 aliphatic rings. The summed E-state index contributed by atoms with van der Waals surface area (Å²) in [6.07, 6.45) is 0. The Bertz CT molecular complexity index is 4090. The molecule has 64 heavy (non-hydrogen) atoms. The molecule has 0 amide bonds. The topological polar surface area (TPSA) is 0 Å². The van der Waals surface area contributed by atoms with Crippen LogP contribution in [-0.4, -0.2) is 0 Å². The summed E-state index contributed by atoms with van der Waals surface area (Å²) in [6.45, 7) is 7.14. The molecule has 0 heteroatoms. The van der Waals surface area contributed by atoms with Crippen LogP contribution in [-0.2, 0) is 5.41 Å². The molecule has 0 spiro atoms. The smallest absolute Gasteiger partial charge is 0.0159 e. The first-order valence-corrected chi connectivity index (χ1v) is 22.7. The first kappa shape index (κ1) is 35.8. The van der Waals surface area contributed by atoms with Crippen molar-refractivity contribution in [3.63, 3.8) is 0 Å². The van der Waals surface area contributed by atoms with Crippen molar-refractivity contribution in [3.8, 4) is 44.5 Å². The minimum Gasteiger partial charge on any atom is -0.0616 e. The molecular weight excluding hydrogens is 769 g/mol. The molecule has 0 atom stereocenters. The van der Waals surface area contributed by atoms with Crippen molar-refractivity contribution < 1.29 is 0 Å². The lowest BCUT2D eigenvalue weighted by Crippen LogP contribution is -2.15. The van der Waals surface area contributed by atoms with Crippen LogP contribution in [0.5, 0.6) is 0 Å². The molecule has 13 aromatic carbocycles. The number of fused-ring (bicyclic) bond motifs is 11. The number of hydrogen-bond donors (Lipinski definition) is 0. The Morgan fingerprint density at radius 3 is 1.38 bits per heavy atom. The summed E-state index contributed by atoms with van der Waals surface area (Å²) in [4.78, 5) is 0. The molecule has 0 nitrogen and oxygen atoms in total. The Hall–Kier alpha value is -7.80. The molecule has 0 radical (unpaired) electrons. The second kappa shape index (κ2) is 12.9. The van der Waals surface area contributed by atoms with Crippen LogP contribution in [0.3, 0.4) is 0 Å². The highest BCUT2D eigenvalue weighted by Gasteiger charge is 2.36. The van der Waals surface area contributed by atoms with Crippen molar-refractivity contribution in [3.05, 3.63) is 217 Å². The van der Waals surface area contributed by atoms with Crippen molar-refractivity contribution in [2.24, 2.45) is 0 Å². The van der Waals surface area contributed by atoms with Gasteiger partial charge in [0, 0.05) is 5.41 Å². The Kier molecular flexibility index (Phi) is 7.20. The Morgan fingerprint density at radius 2 is 0.750 bits per heavy atom. The third kappa shape index (κ3) is 4.78. The van der Waals surface area contributed by atoms with Crippen molar-refractivity contribution in [2.45, 2.75) is 26.2 Å². The van der Waals surface area contributed by atoms with E-state index in [9.17, 15) is 0 Å². The molecule has 14 rings (SSSR count). The van der Waals surface area contributed by atoms with Gasteiger partial charge < -0.3 is 0 Å². The van der Waals surface area contributed by atoms with Gasteiger partial charge in [0.25, 0.3) is 0 Å². The zero-order chi connectivity index (χ0) is 42.4. The van der Waals surface area contributed by atoms with Crippen LogP contribution in [0.2, 0.25) is 0 Å². The quantitative estimate of drug-likeness (QED) is 0.123. The second-order valence-corrected chi connectivity index (χ2v) is 18.8. The Labute approximate surface area is 372 Å². The van der Waals surface area contributed by atoms with E-state index in [4.69, 9.17) is 0 Å². The highest BCUT2D eigenvalue weighted by molar-refractivity contribution is 6.28. The summed E-state index contributed by atoms with van der Waals surface area (Å²) in [6, 6.07) is 75.9. The van der Waals surface area contributed by atoms with Gasteiger partial charge >= 0.3 is 0 Å². The van der Waals surface area contributed by atoms with E-state index >= 15 is 0 Å². The van der Waals surface area contributed by atoms with Gasteiger partial charge in [-0.05, 0) is 173 Å². The van der Waals surface area contributed by atoms with Gasteiger partial charge in [-0.25, -0.2) is 0 Å². The van der Waals surface area contributed by atoms with E-state index in [2.05, 4.69) is 221 Å². The minimum absolute atomic E-state index is 0.180. The monoisotopic (exact) mass is 810 g/mol. The number of benzene rings is 13. The zero-order valence-corrected chi connectivity index (χ0v) is 36.1. The fourth-order valence-electron chi connectivity index (χ4n) is 12.1. The molecule has 0 fully saturated rings. The van der Waals surface area contributed by atoms with Crippen molar-refractivity contribution in [2.75, 3.05) is 0 Å². The number of rotatable bonds is 3. The summed E-state index contributed by atoms with van der Waals surface area (Å²) in [5.74, 6) is 0. The fraction of sp³-hybridized carbons (Fsp3) is 0.0625. The van der Waals surface area contributed by atoms with Crippen LogP contribution < -0.4 is 0 Å². The number of hydrogen-bond acceptors (Lipinski definition) is 0. The molecule has 0 saturated heterocycles. The third-order valence-corrected chi connectivity index (χ3v) is 15.1. The predicted molar refractivity (Wildman–Crippen MR) is 276 cm³/mol. The van der Waals surface area contributed by atoms with Gasteiger partial charge in [0.05, 0.1) is 0 Å². The molecule has 0 unspecified atom stereocenters. The lowest BCUT2D eigenvalue weighted by molar-refractivity contribution is 0.661. The lowest BCUT2D eigenvalue weighted by atomic mass is 9.79. The summed E-state index contributed by atoms with van der Waals surface area (Å²) in [7, 11) is 0. The lowest BCUT2D eigenvalue weighted by Gasteiger charge is -2.24. The van der Waals surface area contributed by atoms with Crippen molar-refractivity contribution in [1.29, 1.82) is 0 Å². The molecule has 0 bridgehead atoms. The van der Waals surface area contributed by atoms with E-state index in [1.807, 2.05) is 0 Å². The predicted octanol–water partition coefficient (Wildman–Crippen LogP) is 18.0. The van der Waals surface area contributed by atoms with E-state index < -0.39 is 0 Å². The summed E-state index contributed by atoms with van der Waals surface area (Å²) < 4.78 is 0. The average molecular weight is 811 g/mol. The van der Waals surface area contributed by atoms with Crippen molar-refractivity contribution in [1.82, 2.24) is 0 Å². The van der Waals surface area contributed by atoms with Crippen LogP contribution in [0.4, 0.5) is 0 Å². The van der Waals surface area contributed by atoms with Gasteiger partial charge in [-0.2, -0.15) is 0 Å². The largest absolute Gasteiger partial charge is 0.0616 e. The molecular formula is C64H42. The summed E-state index contributed by atoms with van der Waals surface area (Å²) in [5, 5.41) is 21.0. The van der Waals surface area contributed by atoms with Gasteiger partial charge in [0.2, 0.25) is 0 Å². The standard InChI is InChI=1S/C64H42/c1-37-33-41(44-30-25-40-24-23-38-13-12-14-39-26-32-54(44)62(40)60(38)39)27-29-43(37)63-52-21-10-8-19-50(52)61(51-20-9-11-22-53(51)63)42-28-31-49-57-35-55-47-17-6-4-15-45(47)46-16-5-7-18-48(46)56(55)36-59(57)64(2,3)58(49)34-42/h4-36H,1-3H3. The molecule has 0 saturated carbocycles. The maximum absolute atomic E-state index is 2.51. The second-order valence-electron chi connectivity index (χ2n) is 18.8. The highest BCUT2D eigenvalue weighted by atomic mass is 14.4. The SMILES string of the molecule is Cc1cc(-c2ccc3ccc4cccc5ccc2c3c45)ccc1-c1c2ccccc2c(-c2ccc3c(c2)C(C)(C)c2cc4c5ccccc5c5ccccc5c4cc2-3)c2ccccc12. The fourth-order valence-corrected chi connectivity index (χ4v) is 12.1. The average Bonchev–Trinajstić information content (AvgIpc) is 3.56.